The second-order valence-electron chi connectivity index (χ2n) is 10.3. The zero-order valence-corrected chi connectivity index (χ0v) is 22.9. The normalized spacial score (nSPS) is 32.9. The highest BCUT2D eigenvalue weighted by Gasteiger charge is 2.51. The van der Waals surface area contributed by atoms with Gasteiger partial charge in [-0.15, -0.1) is 0 Å². The Morgan fingerprint density at radius 3 is 2.21 bits per heavy atom. The molecule has 2 aliphatic rings. The number of phenols is 2. The molecule has 0 radical (unpaired) electrons. The summed E-state index contributed by atoms with van der Waals surface area (Å²) in [4.78, 5) is 13.8. The van der Waals surface area contributed by atoms with E-state index in [0.717, 1.165) is 0 Å². The third kappa shape index (κ3) is 5.74. The molecule has 0 bridgehead atoms. The Morgan fingerprint density at radius 2 is 1.56 bits per heavy atom. The number of hydrogen-bond acceptors (Lipinski definition) is 15. The van der Waals surface area contributed by atoms with Gasteiger partial charge in [0.15, 0.2) is 18.2 Å². The van der Waals surface area contributed by atoms with Gasteiger partial charge in [0.05, 0.1) is 19.8 Å². The molecular formula is C28H32O15. The van der Waals surface area contributed by atoms with Crippen LogP contribution in [-0.2, 0) is 14.2 Å². The van der Waals surface area contributed by atoms with E-state index in [0.29, 0.717) is 0 Å². The Bertz CT molecular complexity index is 1490. The van der Waals surface area contributed by atoms with Crippen molar-refractivity contribution in [3.05, 3.63) is 46.6 Å². The maximum absolute atomic E-state index is 13.8. The highest BCUT2D eigenvalue weighted by atomic mass is 16.8. The van der Waals surface area contributed by atoms with Gasteiger partial charge in [0.1, 0.15) is 64.8 Å². The van der Waals surface area contributed by atoms with Crippen LogP contribution in [0, 0.1) is 0 Å². The molecule has 0 unspecified atom stereocenters. The zero-order chi connectivity index (χ0) is 31.2. The van der Waals surface area contributed by atoms with Crippen molar-refractivity contribution >= 4 is 11.0 Å². The van der Waals surface area contributed by atoms with Gasteiger partial charge in [0, 0.05) is 17.7 Å². The van der Waals surface area contributed by atoms with Crippen molar-refractivity contribution in [3.8, 4) is 34.3 Å². The molecule has 0 amide bonds. The highest BCUT2D eigenvalue weighted by Crippen LogP contribution is 2.38. The standard InChI is InChI=1S/C28H32O15/c1-10-18(32)21(35)23(37)27(39-10)43-26-22(36)19(33)16(9-29)41-28(26)42-25-20(34)17-14(31)7-13(38-2)8-15(17)40-24(25)11-3-5-12(30)6-4-11/h3-8,10,16,18-19,21-23,26-33,35-37H,9H2,1-2H3/t10-,16+,18-,19-,21+,22-,23-,26+,27-,28-/m0/s1. The van der Waals surface area contributed by atoms with Crippen molar-refractivity contribution in [3.63, 3.8) is 0 Å². The van der Waals surface area contributed by atoms with Gasteiger partial charge >= 0.3 is 0 Å². The Hall–Kier alpha value is -3.51. The summed E-state index contributed by atoms with van der Waals surface area (Å²) in [6.07, 6.45) is -16.2. The first-order chi connectivity index (χ1) is 20.4. The van der Waals surface area contributed by atoms with E-state index in [1.165, 1.54) is 50.4 Å². The number of aliphatic hydroxyl groups is 6. The molecule has 10 atom stereocenters. The predicted molar refractivity (Wildman–Crippen MR) is 143 cm³/mol. The van der Waals surface area contributed by atoms with Gasteiger partial charge in [-0.1, -0.05) is 0 Å². The maximum atomic E-state index is 13.8. The number of methoxy groups -OCH3 is 1. The second-order valence-corrected chi connectivity index (χ2v) is 10.3. The van der Waals surface area contributed by atoms with Crippen LogP contribution >= 0.6 is 0 Å². The van der Waals surface area contributed by atoms with Crippen LogP contribution in [0.4, 0.5) is 0 Å². The van der Waals surface area contributed by atoms with Crippen LogP contribution in [0.2, 0.25) is 0 Å². The van der Waals surface area contributed by atoms with E-state index in [2.05, 4.69) is 0 Å². The molecule has 15 nitrogen and oxygen atoms in total. The topological polar surface area (TPSA) is 238 Å². The van der Waals surface area contributed by atoms with Crippen LogP contribution in [0.1, 0.15) is 6.92 Å². The summed E-state index contributed by atoms with van der Waals surface area (Å²) in [5.41, 5.74) is -0.744. The summed E-state index contributed by atoms with van der Waals surface area (Å²) >= 11 is 0. The lowest BCUT2D eigenvalue weighted by atomic mass is 9.97. The van der Waals surface area contributed by atoms with Gasteiger partial charge in [-0.25, -0.2) is 0 Å². The molecule has 2 aromatic carbocycles. The SMILES string of the molecule is COc1cc(O)c2c(=O)c(O[C@@H]3O[C@H](CO)[C@H](O)[C@H](O)[C@H]3O[C@@H]3O[C@@H](C)[C@H](O)[C@@H](O)[C@@H]3O)c(-c3ccc(O)cc3)oc2c1. The quantitative estimate of drug-likeness (QED) is 0.159. The summed E-state index contributed by atoms with van der Waals surface area (Å²) in [6, 6.07) is 8.00. The molecule has 5 rings (SSSR count). The number of fused-ring (bicyclic) bond motifs is 1. The number of ether oxygens (including phenoxy) is 5. The van der Waals surface area contributed by atoms with Crippen LogP contribution in [0.25, 0.3) is 22.3 Å². The smallest absolute Gasteiger partial charge is 0.239 e. The van der Waals surface area contributed by atoms with Crippen LogP contribution < -0.4 is 14.9 Å². The van der Waals surface area contributed by atoms with Crippen LogP contribution in [0.15, 0.2) is 45.6 Å². The number of benzene rings is 2. The van der Waals surface area contributed by atoms with Gasteiger partial charge in [-0.3, -0.25) is 4.79 Å². The molecule has 2 fully saturated rings. The molecular weight excluding hydrogens is 576 g/mol. The lowest BCUT2D eigenvalue weighted by Crippen LogP contribution is -2.64. The van der Waals surface area contributed by atoms with E-state index in [-0.39, 0.29) is 33.8 Å². The van der Waals surface area contributed by atoms with Crippen molar-refractivity contribution < 1.29 is 69.0 Å². The number of rotatable bonds is 7. The van der Waals surface area contributed by atoms with E-state index >= 15 is 0 Å². The van der Waals surface area contributed by atoms with Crippen molar-refractivity contribution in [1.29, 1.82) is 0 Å². The van der Waals surface area contributed by atoms with Crippen LogP contribution in [0.3, 0.4) is 0 Å². The van der Waals surface area contributed by atoms with Crippen molar-refractivity contribution in [1.82, 2.24) is 0 Å². The van der Waals surface area contributed by atoms with Gasteiger partial charge in [0.2, 0.25) is 17.5 Å². The summed E-state index contributed by atoms with van der Waals surface area (Å²) in [5, 5.41) is 82.2. The van der Waals surface area contributed by atoms with Gasteiger partial charge in [0.25, 0.3) is 0 Å². The monoisotopic (exact) mass is 608 g/mol. The second kappa shape index (κ2) is 12.2. The molecule has 0 aliphatic carbocycles. The number of hydrogen-bond donors (Lipinski definition) is 8. The van der Waals surface area contributed by atoms with Crippen molar-refractivity contribution in [2.75, 3.05) is 13.7 Å². The van der Waals surface area contributed by atoms with E-state index < -0.39 is 84.9 Å². The Balaban J connectivity index is 1.61. The minimum absolute atomic E-state index is 0.0846. The molecule has 1 aromatic heterocycles. The van der Waals surface area contributed by atoms with Gasteiger partial charge in [-0.05, 0) is 31.2 Å². The molecule has 2 saturated heterocycles. The first kappa shape index (κ1) is 30.9. The van der Waals surface area contributed by atoms with Crippen molar-refractivity contribution in [2.45, 2.75) is 68.3 Å². The third-order valence-corrected chi connectivity index (χ3v) is 7.43. The molecule has 0 saturated carbocycles. The van der Waals surface area contributed by atoms with E-state index in [9.17, 15) is 45.6 Å². The van der Waals surface area contributed by atoms with Gasteiger partial charge in [-0.2, -0.15) is 0 Å². The maximum Gasteiger partial charge on any atom is 0.239 e. The van der Waals surface area contributed by atoms with E-state index in [1.54, 1.807) is 0 Å². The lowest BCUT2D eigenvalue weighted by molar-refractivity contribution is -0.354. The van der Waals surface area contributed by atoms with Crippen LogP contribution in [-0.4, -0.2) is 116 Å². The molecule has 43 heavy (non-hydrogen) atoms. The molecule has 0 spiro atoms. The number of aliphatic hydroxyl groups excluding tert-OH is 6. The zero-order valence-electron chi connectivity index (χ0n) is 22.9. The fraction of sp³-hybridized carbons (Fsp3) is 0.464. The van der Waals surface area contributed by atoms with E-state index in [1.807, 2.05) is 0 Å². The summed E-state index contributed by atoms with van der Waals surface area (Å²) in [5.74, 6) is -1.17. The van der Waals surface area contributed by atoms with Crippen molar-refractivity contribution in [2.24, 2.45) is 0 Å². The predicted octanol–water partition coefficient (Wildman–Crippen LogP) is -1.09. The minimum Gasteiger partial charge on any atom is -0.508 e. The molecule has 8 N–H and O–H groups in total. The van der Waals surface area contributed by atoms with E-state index in [4.69, 9.17) is 28.1 Å². The minimum atomic E-state index is -1.85. The average molecular weight is 609 g/mol. The highest BCUT2D eigenvalue weighted by molar-refractivity contribution is 5.88. The molecule has 2 aliphatic heterocycles. The first-order valence-corrected chi connectivity index (χ1v) is 13.3. The summed E-state index contributed by atoms with van der Waals surface area (Å²) in [7, 11) is 1.35. The summed E-state index contributed by atoms with van der Waals surface area (Å²) < 4.78 is 33.9. The Labute approximate surface area is 243 Å². The molecule has 3 aromatic rings. The molecule has 15 heteroatoms. The number of aromatic hydroxyl groups is 2. The largest absolute Gasteiger partial charge is 0.508 e. The fourth-order valence-corrected chi connectivity index (χ4v) is 4.98. The number of phenolic OH excluding ortho intramolecular Hbond substituents is 2. The first-order valence-electron chi connectivity index (χ1n) is 13.3. The Morgan fingerprint density at radius 1 is 0.860 bits per heavy atom. The van der Waals surface area contributed by atoms with Crippen LogP contribution in [0.5, 0.6) is 23.0 Å². The Kier molecular flexibility index (Phi) is 8.80. The summed E-state index contributed by atoms with van der Waals surface area (Å²) in [6.45, 7) is 0.618. The average Bonchev–Trinajstić information content (AvgIpc) is 2.99. The van der Waals surface area contributed by atoms with Gasteiger partial charge < -0.3 is 69.0 Å². The fourth-order valence-electron chi connectivity index (χ4n) is 4.98. The molecule has 3 heterocycles. The third-order valence-electron chi connectivity index (χ3n) is 7.43. The molecule has 234 valence electrons. The lowest BCUT2D eigenvalue weighted by Gasteiger charge is -2.45.